The average molecular weight is 402 g/mol. The highest BCUT2D eigenvalue weighted by molar-refractivity contribution is 6.09. The Balaban J connectivity index is 1.94. The lowest BCUT2D eigenvalue weighted by Crippen LogP contribution is -2.45. The van der Waals surface area contributed by atoms with Crippen LogP contribution in [0.25, 0.3) is 6.08 Å². The monoisotopic (exact) mass is 401 g/mol. The summed E-state index contributed by atoms with van der Waals surface area (Å²) in [6.45, 7) is 12.8. The van der Waals surface area contributed by atoms with Crippen LogP contribution in [0.4, 0.5) is 11.4 Å². The number of hydrogen-bond donors (Lipinski definition) is 1. The minimum atomic E-state index is -0.385. The fourth-order valence-electron chi connectivity index (χ4n) is 4.21. The first-order valence-electron chi connectivity index (χ1n) is 10.4. The summed E-state index contributed by atoms with van der Waals surface area (Å²) in [7, 11) is 2.14. The summed E-state index contributed by atoms with van der Waals surface area (Å²) in [5.74, 6) is 0.0259. The smallest absolute Gasteiger partial charge is 0.266 e. The van der Waals surface area contributed by atoms with Crippen molar-refractivity contribution in [2.75, 3.05) is 17.3 Å². The molecule has 0 fully saturated rings. The van der Waals surface area contributed by atoms with E-state index in [0.29, 0.717) is 11.6 Å². The summed E-state index contributed by atoms with van der Waals surface area (Å²) < 4.78 is 0. The summed E-state index contributed by atoms with van der Waals surface area (Å²) in [6.07, 6.45) is 2.76. The van der Waals surface area contributed by atoms with Crippen molar-refractivity contribution in [3.8, 4) is 6.07 Å². The molecule has 0 aromatic heterocycles. The quantitative estimate of drug-likeness (QED) is 0.516. The highest BCUT2D eigenvalue weighted by Gasteiger charge is 2.34. The van der Waals surface area contributed by atoms with Crippen LogP contribution >= 0.6 is 0 Å². The highest BCUT2D eigenvalue weighted by Crippen LogP contribution is 2.43. The van der Waals surface area contributed by atoms with Crippen LogP contribution in [0, 0.1) is 32.1 Å². The first-order chi connectivity index (χ1) is 14.0. The van der Waals surface area contributed by atoms with Crippen LogP contribution in [0.5, 0.6) is 0 Å². The van der Waals surface area contributed by atoms with E-state index in [1.54, 1.807) is 6.08 Å². The maximum atomic E-state index is 12.7. The molecule has 0 saturated heterocycles. The number of nitriles is 1. The van der Waals surface area contributed by atoms with Gasteiger partial charge in [-0.05, 0) is 105 Å². The first-order valence-corrected chi connectivity index (χ1v) is 10.4. The summed E-state index contributed by atoms with van der Waals surface area (Å²) >= 11 is 0. The van der Waals surface area contributed by atoms with Crippen LogP contribution in [0.3, 0.4) is 0 Å². The van der Waals surface area contributed by atoms with Gasteiger partial charge >= 0.3 is 0 Å². The molecule has 0 radical (unpaired) electrons. The molecule has 156 valence electrons. The van der Waals surface area contributed by atoms with Gasteiger partial charge in [0.2, 0.25) is 0 Å². The molecule has 2 aromatic rings. The minimum Gasteiger partial charge on any atom is -0.369 e. The number of aryl methyl sites for hydroxylation is 3. The topological polar surface area (TPSA) is 56.1 Å². The molecule has 0 bridgehead atoms. The van der Waals surface area contributed by atoms with Crippen molar-refractivity contribution >= 4 is 23.4 Å². The number of rotatable bonds is 3. The molecule has 30 heavy (non-hydrogen) atoms. The fourth-order valence-corrected chi connectivity index (χ4v) is 4.21. The Morgan fingerprint density at radius 2 is 1.87 bits per heavy atom. The van der Waals surface area contributed by atoms with E-state index in [1.807, 2.05) is 39.0 Å². The van der Waals surface area contributed by atoms with Gasteiger partial charge in [0, 0.05) is 24.0 Å². The zero-order valence-corrected chi connectivity index (χ0v) is 19.1. The van der Waals surface area contributed by atoms with E-state index in [1.165, 1.54) is 11.3 Å². The second kappa shape index (κ2) is 7.99. The van der Waals surface area contributed by atoms with Gasteiger partial charge in [-0.1, -0.05) is 13.0 Å². The van der Waals surface area contributed by atoms with Gasteiger partial charge in [0.25, 0.3) is 5.91 Å². The summed E-state index contributed by atoms with van der Waals surface area (Å²) in [5, 5.41) is 12.5. The average Bonchev–Trinajstić information content (AvgIpc) is 2.67. The van der Waals surface area contributed by atoms with Gasteiger partial charge in [0.15, 0.2) is 0 Å². The Kier molecular flexibility index (Phi) is 5.76. The second-order valence-electron chi connectivity index (χ2n) is 9.17. The van der Waals surface area contributed by atoms with Crippen LogP contribution in [0.1, 0.15) is 60.9 Å². The molecular weight excluding hydrogens is 370 g/mol. The molecular formula is C26H31N3O. The molecule has 0 saturated carbocycles. The van der Waals surface area contributed by atoms with Gasteiger partial charge in [0.1, 0.15) is 11.6 Å². The van der Waals surface area contributed by atoms with E-state index < -0.39 is 0 Å². The second-order valence-corrected chi connectivity index (χ2v) is 9.17. The van der Waals surface area contributed by atoms with E-state index in [9.17, 15) is 10.1 Å². The molecule has 3 rings (SSSR count). The molecule has 4 heteroatoms. The van der Waals surface area contributed by atoms with Crippen molar-refractivity contribution in [1.82, 2.24) is 0 Å². The molecule has 1 N–H and O–H groups in total. The molecule has 1 atom stereocenters. The van der Waals surface area contributed by atoms with Crippen molar-refractivity contribution in [3.05, 3.63) is 63.7 Å². The van der Waals surface area contributed by atoms with Gasteiger partial charge in [-0.2, -0.15) is 5.26 Å². The summed E-state index contributed by atoms with van der Waals surface area (Å²) in [6, 6.07) is 12.1. The third-order valence-electron chi connectivity index (χ3n) is 6.45. The van der Waals surface area contributed by atoms with E-state index in [2.05, 4.69) is 56.2 Å². The lowest BCUT2D eigenvalue weighted by Gasteiger charge is -2.45. The Labute approximate surface area is 180 Å². The molecule has 1 aliphatic rings. The molecule has 2 aromatic carbocycles. The highest BCUT2D eigenvalue weighted by atomic mass is 16.1. The number of carbonyl (C=O) groups is 1. The van der Waals surface area contributed by atoms with Crippen LogP contribution in [0.2, 0.25) is 0 Å². The lowest BCUT2D eigenvalue weighted by molar-refractivity contribution is -0.112. The van der Waals surface area contributed by atoms with Crippen LogP contribution < -0.4 is 10.2 Å². The van der Waals surface area contributed by atoms with E-state index >= 15 is 0 Å². The van der Waals surface area contributed by atoms with Crippen molar-refractivity contribution < 1.29 is 4.79 Å². The largest absolute Gasteiger partial charge is 0.369 e. The van der Waals surface area contributed by atoms with E-state index in [4.69, 9.17) is 0 Å². The van der Waals surface area contributed by atoms with Crippen molar-refractivity contribution in [2.24, 2.45) is 0 Å². The van der Waals surface area contributed by atoms with Crippen molar-refractivity contribution in [3.63, 3.8) is 0 Å². The van der Waals surface area contributed by atoms with Crippen LogP contribution in [-0.4, -0.2) is 18.5 Å². The fraction of sp³-hybridized carbons (Fsp3) is 0.385. The molecule has 1 amide bonds. The molecule has 0 spiro atoms. The molecule has 0 aliphatic carbocycles. The number of anilines is 2. The van der Waals surface area contributed by atoms with Gasteiger partial charge in [-0.25, -0.2) is 0 Å². The Morgan fingerprint density at radius 3 is 2.50 bits per heavy atom. The predicted octanol–water partition coefficient (Wildman–Crippen LogP) is 5.88. The maximum absolute atomic E-state index is 12.7. The number of nitrogens with zero attached hydrogens (tertiary/aromatic N) is 2. The predicted molar refractivity (Wildman–Crippen MR) is 125 cm³/mol. The number of nitrogens with one attached hydrogen (secondary N) is 1. The lowest BCUT2D eigenvalue weighted by atomic mass is 9.79. The molecule has 1 heterocycles. The Morgan fingerprint density at radius 1 is 1.17 bits per heavy atom. The SMILES string of the molecule is Cc1ccc(NC(=O)/C(C#N)=C/c2cc3c(cc2C)N(C)C(C)(C)CC3C)cc1C. The molecule has 4 nitrogen and oxygen atoms in total. The van der Waals surface area contributed by atoms with Crippen LogP contribution in [0.15, 0.2) is 35.9 Å². The normalized spacial score (nSPS) is 17.9. The van der Waals surface area contributed by atoms with Gasteiger partial charge in [-0.15, -0.1) is 0 Å². The van der Waals surface area contributed by atoms with Crippen LogP contribution in [-0.2, 0) is 4.79 Å². The Bertz CT molecular complexity index is 1070. The maximum Gasteiger partial charge on any atom is 0.266 e. The third-order valence-corrected chi connectivity index (χ3v) is 6.45. The van der Waals surface area contributed by atoms with Gasteiger partial charge in [0.05, 0.1) is 0 Å². The minimum absolute atomic E-state index is 0.0973. The number of benzene rings is 2. The summed E-state index contributed by atoms with van der Waals surface area (Å²) in [5.41, 5.74) is 7.62. The number of amides is 1. The number of hydrogen-bond acceptors (Lipinski definition) is 3. The zero-order chi connectivity index (χ0) is 22.2. The van der Waals surface area contributed by atoms with E-state index in [-0.39, 0.29) is 17.0 Å². The number of fused-ring (bicyclic) bond motifs is 1. The molecule has 1 unspecified atom stereocenters. The number of carbonyl (C=O) groups excluding carboxylic acids is 1. The van der Waals surface area contributed by atoms with E-state index in [0.717, 1.165) is 28.7 Å². The summed E-state index contributed by atoms with van der Waals surface area (Å²) in [4.78, 5) is 15.1. The van der Waals surface area contributed by atoms with Crippen molar-refractivity contribution in [1.29, 1.82) is 5.26 Å². The molecule has 1 aliphatic heterocycles. The van der Waals surface area contributed by atoms with Gasteiger partial charge in [-0.3, -0.25) is 4.79 Å². The zero-order valence-electron chi connectivity index (χ0n) is 19.1. The first kappa shape index (κ1) is 21.6. The van der Waals surface area contributed by atoms with Crippen molar-refractivity contribution in [2.45, 2.75) is 59.4 Å². The van der Waals surface area contributed by atoms with Gasteiger partial charge < -0.3 is 10.2 Å². The third kappa shape index (κ3) is 4.11. The standard InChI is InChI=1S/C26H31N3O/c1-16-8-9-22(10-17(16)2)28-25(30)21(15-27)12-20-13-23-19(4)14-26(5,6)29(7)24(23)11-18(20)3/h8-13,19H,14H2,1-7H3,(H,28,30)/b21-12+. The Hall–Kier alpha value is -3.06.